The third kappa shape index (κ3) is 3.33. The van der Waals surface area contributed by atoms with E-state index in [0.29, 0.717) is 0 Å². The van der Waals surface area contributed by atoms with Crippen LogP contribution in [-0.4, -0.2) is 20.7 Å². The molecule has 1 unspecified atom stereocenters. The number of rotatable bonds is 5. The van der Waals surface area contributed by atoms with Gasteiger partial charge in [-0.2, -0.15) is 0 Å². The van der Waals surface area contributed by atoms with Crippen LogP contribution in [0.5, 0.6) is 0 Å². The number of benzene rings is 1. The van der Waals surface area contributed by atoms with Crippen LogP contribution in [0.25, 0.3) is 0 Å². The van der Waals surface area contributed by atoms with Gasteiger partial charge in [-0.3, -0.25) is 0 Å². The summed E-state index contributed by atoms with van der Waals surface area (Å²) in [5.74, 6) is 0.256. The zero-order chi connectivity index (χ0) is 11.3. The first-order valence-electron chi connectivity index (χ1n) is 4.94. The van der Waals surface area contributed by atoms with Crippen molar-refractivity contribution in [2.24, 2.45) is 0 Å². The molecule has 1 rings (SSSR count). The van der Waals surface area contributed by atoms with Gasteiger partial charge in [-0.25, -0.2) is 0 Å². The van der Waals surface area contributed by atoms with Gasteiger partial charge in [0.1, 0.15) is 0 Å². The Bertz CT molecular complexity index is 345. The van der Waals surface area contributed by atoms with Gasteiger partial charge in [-0.05, 0) is 0 Å². The molecule has 0 heterocycles. The topological polar surface area (TPSA) is 17.1 Å². The van der Waals surface area contributed by atoms with Crippen LogP contribution in [0.3, 0.4) is 0 Å². The molecule has 15 heavy (non-hydrogen) atoms. The Hall–Kier alpha value is -0.851. The number of carbonyl (C=O) groups is 1. The summed E-state index contributed by atoms with van der Waals surface area (Å²) >= 11 is 0.175. The molecule has 2 heteroatoms. The molecule has 0 bridgehead atoms. The molecule has 0 fully saturated rings. The van der Waals surface area contributed by atoms with Crippen LogP contribution in [0.4, 0.5) is 0 Å². The van der Waals surface area contributed by atoms with Gasteiger partial charge in [0.2, 0.25) is 0 Å². The van der Waals surface area contributed by atoms with Crippen molar-refractivity contribution in [1.82, 2.24) is 0 Å². The summed E-state index contributed by atoms with van der Waals surface area (Å²) < 4.78 is 1.03. The van der Waals surface area contributed by atoms with E-state index in [4.69, 9.17) is 0 Å². The van der Waals surface area contributed by atoms with Crippen LogP contribution in [0.1, 0.15) is 20.3 Å². The molecule has 1 aromatic carbocycles. The molecular weight excluding hydrogens is 251 g/mol. The number of allylic oxidation sites excluding steroid dienone is 1. The average molecular weight is 267 g/mol. The SMILES string of the molecule is C=CCC(C)([Se]c1ccccc1)C(C)=O. The minimum atomic E-state index is -0.240. The van der Waals surface area contributed by atoms with Crippen molar-refractivity contribution < 1.29 is 4.79 Å². The molecule has 0 saturated heterocycles. The van der Waals surface area contributed by atoms with Gasteiger partial charge < -0.3 is 0 Å². The maximum atomic E-state index is 11.6. The van der Waals surface area contributed by atoms with E-state index in [-0.39, 0.29) is 25.1 Å². The molecule has 0 aliphatic rings. The summed E-state index contributed by atoms with van der Waals surface area (Å²) in [5, 5.41) is 0. The van der Waals surface area contributed by atoms with E-state index in [1.807, 2.05) is 31.2 Å². The fourth-order valence-electron chi connectivity index (χ4n) is 1.28. The van der Waals surface area contributed by atoms with Gasteiger partial charge in [0.05, 0.1) is 0 Å². The van der Waals surface area contributed by atoms with Crippen LogP contribution in [0, 0.1) is 0 Å². The van der Waals surface area contributed by atoms with E-state index in [2.05, 4.69) is 18.7 Å². The van der Waals surface area contributed by atoms with Gasteiger partial charge in [0.25, 0.3) is 0 Å². The van der Waals surface area contributed by atoms with Gasteiger partial charge in [-0.15, -0.1) is 0 Å². The fourth-order valence-corrected chi connectivity index (χ4v) is 3.71. The quantitative estimate of drug-likeness (QED) is 0.591. The zero-order valence-electron chi connectivity index (χ0n) is 9.19. The van der Waals surface area contributed by atoms with Crippen LogP contribution in [-0.2, 0) is 4.79 Å². The number of carbonyl (C=O) groups excluding carboxylic acids is 1. The first kappa shape index (κ1) is 12.2. The first-order valence-corrected chi connectivity index (χ1v) is 6.66. The molecule has 0 radical (unpaired) electrons. The number of hydrogen-bond donors (Lipinski definition) is 0. The third-order valence-corrected chi connectivity index (χ3v) is 5.33. The molecule has 0 aromatic heterocycles. The van der Waals surface area contributed by atoms with Crippen molar-refractivity contribution in [2.75, 3.05) is 0 Å². The summed E-state index contributed by atoms with van der Waals surface area (Å²) in [5.41, 5.74) is 0. The summed E-state index contributed by atoms with van der Waals surface area (Å²) in [4.78, 5) is 11.6. The Balaban J connectivity index is 2.84. The van der Waals surface area contributed by atoms with Crippen LogP contribution in [0.15, 0.2) is 43.0 Å². The van der Waals surface area contributed by atoms with Crippen molar-refractivity contribution in [3.8, 4) is 0 Å². The van der Waals surface area contributed by atoms with E-state index in [1.54, 1.807) is 6.92 Å². The number of Topliss-reactive ketones (excluding diaryl/α,β-unsaturated/α-hetero) is 1. The Morgan fingerprint density at radius 1 is 1.47 bits per heavy atom. The average Bonchev–Trinajstić information content (AvgIpc) is 2.19. The Kier molecular flexibility index (Phi) is 4.31. The molecular formula is C13H16OSe. The summed E-state index contributed by atoms with van der Waals surface area (Å²) in [6.07, 6.45) is 2.60. The van der Waals surface area contributed by atoms with Gasteiger partial charge >= 0.3 is 97.6 Å². The molecule has 1 aromatic rings. The Morgan fingerprint density at radius 3 is 2.53 bits per heavy atom. The Labute approximate surface area is 97.7 Å². The predicted octanol–water partition coefficient (Wildman–Crippen LogP) is 2.36. The predicted molar refractivity (Wildman–Crippen MR) is 65.7 cm³/mol. The molecule has 0 saturated carbocycles. The normalized spacial score (nSPS) is 14.3. The Morgan fingerprint density at radius 2 is 2.07 bits per heavy atom. The fraction of sp³-hybridized carbons (Fsp3) is 0.308. The first-order chi connectivity index (χ1) is 7.08. The van der Waals surface area contributed by atoms with Crippen molar-refractivity contribution >= 4 is 25.2 Å². The van der Waals surface area contributed by atoms with Crippen LogP contribution >= 0.6 is 0 Å². The molecule has 80 valence electrons. The molecule has 1 nitrogen and oxygen atoms in total. The summed E-state index contributed by atoms with van der Waals surface area (Å²) in [6.45, 7) is 7.43. The molecule has 0 aliphatic carbocycles. The van der Waals surface area contributed by atoms with Crippen LogP contribution in [0.2, 0.25) is 4.31 Å². The number of hydrogen-bond acceptors (Lipinski definition) is 1. The van der Waals surface area contributed by atoms with Crippen molar-refractivity contribution in [3.63, 3.8) is 0 Å². The van der Waals surface area contributed by atoms with E-state index in [0.717, 1.165) is 6.42 Å². The van der Waals surface area contributed by atoms with Crippen molar-refractivity contribution in [2.45, 2.75) is 24.6 Å². The second-order valence-electron chi connectivity index (χ2n) is 3.69. The van der Waals surface area contributed by atoms with Crippen molar-refractivity contribution in [1.29, 1.82) is 0 Å². The monoisotopic (exact) mass is 268 g/mol. The standard InChI is InChI=1S/C13H16OSe/c1-4-10-13(3,11(2)14)15-12-8-6-5-7-9-12/h4-9H,1,10H2,2-3H3. The van der Waals surface area contributed by atoms with E-state index < -0.39 is 0 Å². The molecule has 1 atom stereocenters. The third-order valence-electron chi connectivity index (χ3n) is 2.36. The van der Waals surface area contributed by atoms with E-state index >= 15 is 0 Å². The summed E-state index contributed by atoms with van der Waals surface area (Å²) in [7, 11) is 0. The second-order valence-corrected chi connectivity index (χ2v) is 7.00. The van der Waals surface area contributed by atoms with Gasteiger partial charge in [-0.1, -0.05) is 0 Å². The van der Waals surface area contributed by atoms with E-state index in [9.17, 15) is 4.79 Å². The molecule has 0 spiro atoms. The minimum absolute atomic E-state index is 0.175. The second kappa shape index (κ2) is 5.29. The van der Waals surface area contributed by atoms with Crippen molar-refractivity contribution in [3.05, 3.63) is 43.0 Å². The summed E-state index contributed by atoms with van der Waals surface area (Å²) in [6, 6.07) is 10.2. The van der Waals surface area contributed by atoms with Crippen LogP contribution < -0.4 is 4.46 Å². The molecule has 0 aliphatic heterocycles. The molecule has 0 N–H and O–H groups in total. The van der Waals surface area contributed by atoms with E-state index in [1.165, 1.54) is 4.46 Å². The number of ketones is 1. The maximum absolute atomic E-state index is 11.6. The van der Waals surface area contributed by atoms with Gasteiger partial charge in [0, 0.05) is 0 Å². The van der Waals surface area contributed by atoms with Gasteiger partial charge in [0.15, 0.2) is 0 Å². The zero-order valence-corrected chi connectivity index (χ0v) is 10.9. The molecule has 0 amide bonds.